The van der Waals surface area contributed by atoms with Crippen LogP contribution in [0.15, 0.2) is 81.6 Å². The summed E-state index contributed by atoms with van der Waals surface area (Å²) in [5.41, 5.74) is 2.28. The number of hydrogen-bond acceptors (Lipinski definition) is 9. The number of nitrogens with zero attached hydrogens (tertiary/aromatic N) is 3. The third kappa shape index (κ3) is 11.1. The van der Waals surface area contributed by atoms with Crippen molar-refractivity contribution in [1.82, 2.24) is 20.0 Å². The highest BCUT2D eigenvalue weighted by atomic mass is 16.4. The van der Waals surface area contributed by atoms with E-state index >= 15 is 0 Å². The Morgan fingerprint density at radius 3 is 1.76 bits per heavy atom. The third-order valence-electron chi connectivity index (χ3n) is 8.26. The van der Waals surface area contributed by atoms with Crippen LogP contribution in [-0.2, 0) is 0 Å². The number of hydrogen-bond donors (Lipinski definition) is 2. The summed E-state index contributed by atoms with van der Waals surface area (Å²) in [6, 6.07) is 20.4. The number of amides is 1. The largest absolute Gasteiger partial charge is 0.478 e. The number of rotatable bonds is 6. The zero-order valence-corrected chi connectivity index (χ0v) is 28.7. The lowest BCUT2D eigenvalue weighted by Gasteiger charge is -2.20. The molecule has 0 bridgehead atoms. The van der Waals surface area contributed by atoms with Crippen LogP contribution in [0.3, 0.4) is 0 Å². The van der Waals surface area contributed by atoms with Crippen LogP contribution in [0.5, 0.6) is 0 Å². The van der Waals surface area contributed by atoms with Gasteiger partial charge in [-0.15, -0.1) is 0 Å². The van der Waals surface area contributed by atoms with Gasteiger partial charge in [-0.2, -0.15) is 0 Å². The van der Waals surface area contributed by atoms with Crippen molar-refractivity contribution < 1.29 is 33.1 Å². The predicted octanol–water partition coefficient (Wildman–Crippen LogP) is 5.69. The smallest absolute Gasteiger partial charge is 0.335 e. The summed E-state index contributed by atoms with van der Waals surface area (Å²) in [5, 5.41) is 12.2. The van der Waals surface area contributed by atoms with Crippen LogP contribution in [0.25, 0.3) is 22.6 Å². The summed E-state index contributed by atoms with van der Waals surface area (Å²) in [6.07, 6.45) is 2.29. The van der Waals surface area contributed by atoms with E-state index in [0.29, 0.717) is 28.4 Å². The maximum absolute atomic E-state index is 12.8. The van der Waals surface area contributed by atoms with Crippen molar-refractivity contribution in [3.8, 4) is 22.6 Å². The molecule has 2 fully saturated rings. The lowest BCUT2D eigenvalue weighted by atomic mass is 10.1. The quantitative estimate of drug-likeness (QED) is 0.247. The number of benzene rings is 2. The Balaban J connectivity index is 0.000000187. The number of carbonyl (C=O) groups excluding carboxylic acids is 3. The minimum Gasteiger partial charge on any atom is -0.478 e. The summed E-state index contributed by atoms with van der Waals surface area (Å²) in [4.78, 5) is 52.6. The van der Waals surface area contributed by atoms with Crippen molar-refractivity contribution in [3.63, 3.8) is 0 Å². The molecule has 0 unspecified atom stereocenters. The molecule has 0 saturated carbocycles. The van der Waals surface area contributed by atoms with Gasteiger partial charge in [-0.05, 0) is 95.1 Å². The van der Waals surface area contributed by atoms with Crippen molar-refractivity contribution in [2.45, 2.75) is 26.7 Å². The summed E-state index contributed by atoms with van der Waals surface area (Å²) < 4.78 is 10.9. The lowest BCUT2D eigenvalue weighted by molar-refractivity contribution is 0.0695. The fourth-order valence-corrected chi connectivity index (χ4v) is 5.39. The first kappa shape index (κ1) is 37.0. The number of ketones is 2. The minimum absolute atomic E-state index is 0.0468. The second-order valence-corrected chi connectivity index (χ2v) is 12.3. The van der Waals surface area contributed by atoms with Crippen LogP contribution in [0.4, 0.5) is 0 Å². The molecule has 0 spiro atoms. The second kappa shape index (κ2) is 18.1. The molecule has 2 aromatic carbocycles. The molecule has 2 saturated heterocycles. The average Bonchev–Trinajstić information content (AvgIpc) is 3.68. The number of carbonyl (C=O) groups is 4. The Morgan fingerprint density at radius 2 is 1.18 bits per heavy atom. The Labute approximate surface area is 287 Å². The lowest BCUT2D eigenvalue weighted by Crippen LogP contribution is -2.34. The van der Waals surface area contributed by atoms with Crippen LogP contribution in [0.1, 0.15) is 68.5 Å². The number of likely N-dealkylation sites (N-methyl/N-ethyl adjacent to an activating group) is 2. The van der Waals surface area contributed by atoms with Gasteiger partial charge >= 0.3 is 5.97 Å². The molecule has 260 valence electrons. The SMILES string of the molecule is CC(=O)c1ccc(-c2cccc(C(=O)N3CCCN(C)CC3)c2)o1.CC(=O)c1ccc(-c2cccc(C(=O)O)c2)o1.CN1CCCNCC1. The first-order valence-electron chi connectivity index (χ1n) is 16.5. The normalized spacial score (nSPS) is 15.5. The summed E-state index contributed by atoms with van der Waals surface area (Å²) in [7, 11) is 4.26. The van der Waals surface area contributed by atoms with E-state index in [4.69, 9.17) is 13.9 Å². The Morgan fingerprint density at radius 1 is 0.633 bits per heavy atom. The molecule has 11 heteroatoms. The molecule has 2 N–H and O–H groups in total. The van der Waals surface area contributed by atoms with E-state index in [0.717, 1.165) is 44.7 Å². The third-order valence-corrected chi connectivity index (χ3v) is 8.26. The first-order chi connectivity index (χ1) is 23.5. The Bertz CT molecular complexity index is 1720. The van der Waals surface area contributed by atoms with E-state index in [1.54, 1.807) is 36.4 Å². The minimum atomic E-state index is -0.995. The van der Waals surface area contributed by atoms with Gasteiger partial charge in [0.15, 0.2) is 23.1 Å². The highest BCUT2D eigenvalue weighted by Gasteiger charge is 2.20. The fraction of sp³-hybridized carbons (Fsp3) is 0.368. The van der Waals surface area contributed by atoms with Gasteiger partial charge in [0.2, 0.25) is 0 Å². The van der Waals surface area contributed by atoms with Gasteiger partial charge in [0.05, 0.1) is 5.56 Å². The molecule has 2 aliphatic heterocycles. The van der Waals surface area contributed by atoms with Crippen molar-refractivity contribution in [2.75, 3.05) is 66.5 Å². The van der Waals surface area contributed by atoms with E-state index in [1.807, 2.05) is 29.2 Å². The van der Waals surface area contributed by atoms with Crippen LogP contribution in [0.2, 0.25) is 0 Å². The fourth-order valence-electron chi connectivity index (χ4n) is 5.39. The molecule has 0 atom stereocenters. The predicted molar refractivity (Wildman–Crippen MR) is 188 cm³/mol. The first-order valence-corrected chi connectivity index (χ1v) is 16.5. The number of Topliss-reactive ketones (excluding diaryl/α,β-unsaturated/α-hetero) is 2. The molecule has 6 rings (SSSR count). The molecule has 2 aromatic heterocycles. The molecule has 4 aromatic rings. The molecular formula is C38H46N4O7. The molecular weight excluding hydrogens is 624 g/mol. The van der Waals surface area contributed by atoms with Gasteiger partial charge in [-0.1, -0.05) is 24.3 Å². The maximum Gasteiger partial charge on any atom is 0.335 e. The molecule has 0 radical (unpaired) electrons. The van der Waals surface area contributed by atoms with Crippen molar-refractivity contribution >= 4 is 23.4 Å². The number of aromatic carboxylic acids is 1. The highest BCUT2D eigenvalue weighted by molar-refractivity contribution is 5.96. The van der Waals surface area contributed by atoms with E-state index in [-0.39, 0.29) is 28.8 Å². The van der Waals surface area contributed by atoms with Gasteiger partial charge in [0.1, 0.15) is 11.5 Å². The summed E-state index contributed by atoms with van der Waals surface area (Å²) in [5.74, 6) is 0.463. The molecule has 11 nitrogen and oxygen atoms in total. The Hall–Kier alpha value is -4.84. The number of carboxylic acid groups (broad SMARTS) is 1. The van der Waals surface area contributed by atoms with Gasteiger partial charge in [0, 0.05) is 63.3 Å². The van der Waals surface area contributed by atoms with Gasteiger partial charge in [-0.3, -0.25) is 14.4 Å². The van der Waals surface area contributed by atoms with E-state index < -0.39 is 5.97 Å². The molecule has 0 aliphatic carbocycles. The second-order valence-electron chi connectivity index (χ2n) is 12.3. The van der Waals surface area contributed by atoms with Crippen molar-refractivity contribution in [1.29, 1.82) is 0 Å². The molecule has 49 heavy (non-hydrogen) atoms. The number of nitrogens with one attached hydrogen (secondary N) is 1. The van der Waals surface area contributed by atoms with Crippen molar-refractivity contribution in [2.24, 2.45) is 0 Å². The summed E-state index contributed by atoms with van der Waals surface area (Å²) in [6.45, 7) is 11.1. The topological polar surface area (TPSA) is 137 Å². The maximum atomic E-state index is 12.8. The van der Waals surface area contributed by atoms with Crippen LogP contribution >= 0.6 is 0 Å². The molecule has 2 aliphatic rings. The number of furan rings is 2. The number of carboxylic acids is 1. The zero-order valence-electron chi connectivity index (χ0n) is 28.7. The van der Waals surface area contributed by atoms with E-state index in [1.165, 1.54) is 52.0 Å². The average molecular weight is 671 g/mol. The zero-order chi connectivity index (χ0) is 35.3. The van der Waals surface area contributed by atoms with Crippen LogP contribution in [0, 0.1) is 0 Å². The summed E-state index contributed by atoms with van der Waals surface area (Å²) >= 11 is 0. The van der Waals surface area contributed by atoms with E-state index in [9.17, 15) is 19.2 Å². The van der Waals surface area contributed by atoms with Gasteiger partial charge in [-0.25, -0.2) is 4.79 Å². The van der Waals surface area contributed by atoms with Crippen LogP contribution in [-0.4, -0.2) is 110 Å². The van der Waals surface area contributed by atoms with Gasteiger partial charge < -0.3 is 34.0 Å². The molecule has 1 amide bonds. The monoisotopic (exact) mass is 670 g/mol. The Kier molecular flexibility index (Phi) is 13.6. The highest BCUT2D eigenvalue weighted by Crippen LogP contribution is 2.25. The van der Waals surface area contributed by atoms with Crippen molar-refractivity contribution in [3.05, 3.63) is 95.4 Å². The van der Waals surface area contributed by atoms with E-state index in [2.05, 4.69) is 29.2 Å². The van der Waals surface area contributed by atoms with Gasteiger partial charge in [0.25, 0.3) is 5.91 Å². The molecule has 4 heterocycles. The van der Waals surface area contributed by atoms with Crippen LogP contribution < -0.4 is 5.32 Å². The standard InChI is InChI=1S/C19H22N2O3.C13H10O4.C6H14N2/c1-14(22)17-7-8-18(24-17)15-5-3-6-16(13-15)19(23)21-10-4-9-20(2)11-12-21;1-8(14)11-5-6-12(17-11)9-3-2-4-10(7-9)13(15)16;1-8-5-2-3-7-4-6-8/h3,5-8,13H,4,9-12H2,1-2H3;2-7H,1H3,(H,15,16);7H,2-6H2,1H3.